The Labute approximate surface area is 125 Å². The highest BCUT2D eigenvalue weighted by Crippen LogP contribution is 2.40. The largest absolute Gasteiger partial charge is 0.493 e. The summed E-state index contributed by atoms with van der Waals surface area (Å²) in [6.07, 6.45) is 3.31. The molecule has 0 fully saturated rings. The lowest BCUT2D eigenvalue weighted by Crippen LogP contribution is -2.26. The zero-order valence-corrected chi connectivity index (χ0v) is 13.2. The summed E-state index contributed by atoms with van der Waals surface area (Å²) in [5, 5.41) is 3.53. The molecule has 0 amide bonds. The summed E-state index contributed by atoms with van der Waals surface area (Å²) < 4.78 is 16.6. The first-order valence-electron chi connectivity index (χ1n) is 6.93. The summed E-state index contributed by atoms with van der Waals surface area (Å²) in [5.41, 5.74) is 1.15. The van der Waals surface area contributed by atoms with E-state index in [-0.39, 0.29) is 0 Å². The lowest BCUT2D eigenvalue weighted by Gasteiger charge is -2.22. The summed E-state index contributed by atoms with van der Waals surface area (Å²) in [4.78, 5) is 0. The highest BCUT2D eigenvalue weighted by atomic mass is 32.2. The SMILES string of the molecule is COc1cc(CNC(C)CCSC)cc2c1OCCO2. The Morgan fingerprint density at radius 1 is 1.35 bits per heavy atom. The Morgan fingerprint density at radius 3 is 2.90 bits per heavy atom. The van der Waals surface area contributed by atoms with Gasteiger partial charge in [0.2, 0.25) is 5.75 Å². The van der Waals surface area contributed by atoms with Crippen molar-refractivity contribution in [1.82, 2.24) is 5.32 Å². The third-order valence-electron chi connectivity index (χ3n) is 3.30. The lowest BCUT2D eigenvalue weighted by atomic mass is 10.1. The molecule has 0 aliphatic carbocycles. The Morgan fingerprint density at radius 2 is 2.15 bits per heavy atom. The first kappa shape index (κ1) is 15.3. The van der Waals surface area contributed by atoms with Gasteiger partial charge in [0.25, 0.3) is 0 Å². The normalized spacial score (nSPS) is 14.9. The second kappa shape index (κ2) is 7.64. The molecule has 1 N–H and O–H groups in total. The third kappa shape index (κ3) is 3.96. The molecule has 1 atom stereocenters. The molecule has 1 aromatic carbocycles. The van der Waals surface area contributed by atoms with Crippen molar-refractivity contribution in [3.05, 3.63) is 17.7 Å². The fourth-order valence-corrected chi connectivity index (χ4v) is 2.71. The smallest absolute Gasteiger partial charge is 0.203 e. The van der Waals surface area contributed by atoms with Gasteiger partial charge in [0, 0.05) is 12.6 Å². The average Bonchev–Trinajstić information content (AvgIpc) is 2.49. The van der Waals surface area contributed by atoms with Crippen LogP contribution in [0, 0.1) is 0 Å². The minimum atomic E-state index is 0.502. The van der Waals surface area contributed by atoms with Crippen molar-refractivity contribution < 1.29 is 14.2 Å². The van der Waals surface area contributed by atoms with Gasteiger partial charge in [-0.3, -0.25) is 0 Å². The van der Waals surface area contributed by atoms with E-state index in [4.69, 9.17) is 14.2 Å². The molecular formula is C15H23NO3S. The van der Waals surface area contributed by atoms with Crippen molar-refractivity contribution in [2.75, 3.05) is 32.3 Å². The van der Waals surface area contributed by atoms with Gasteiger partial charge in [0.05, 0.1) is 7.11 Å². The summed E-state index contributed by atoms with van der Waals surface area (Å²) in [5.74, 6) is 3.43. The van der Waals surface area contributed by atoms with E-state index in [9.17, 15) is 0 Å². The molecule has 0 radical (unpaired) electrons. The van der Waals surface area contributed by atoms with Crippen molar-refractivity contribution in [1.29, 1.82) is 0 Å². The molecule has 0 saturated heterocycles. The standard InChI is InChI=1S/C15H23NO3S/c1-11(4-7-20-3)16-10-12-8-13(17-2)15-14(9-12)18-5-6-19-15/h8-9,11,16H,4-7,10H2,1-3H3. The average molecular weight is 297 g/mol. The van der Waals surface area contributed by atoms with Gasteiger partial charge in [-0.2, -0.15) is 11.8 Å². The van der Waals surface area contributed by atoms with Crippen LogP contribution in [0.4, 0.5) is 0 Å². The molecule has 0 aromatic heterocycles. The van der Waals surface area contributed by atoms with Crippen LogP contribution in [-0.4, -0.2) is 38.4 Å². The second-order valence-corrected chi connectivity index (χ2v) is 5.87. The van der Waals surface area contributed by atoms with Gasteiger partial charge in [0.15, 0.2) is 11.5 Å². The molecule has 2 rings (SSSR count). The number of hydrogen-bond donors (Lipinski definition) is 1. The van der Waals surface area contributed by atoms with Crippen molar-refractivity contribution in [3.8, 4) is 17.2 Å². The molecule has 4 nitrogen and oxygen atoms in total. The molecule has 0 saturated carbocycles. The second-order valence-electron chi connectivity index (χ2n) is 4.89. The van der Waals surface area contributed by atoms with Gasteiger partial charge in [-0.15, -0.1) is 0 Å². The zero-order valence-electron chi connectivity index (χ0n) is 12.4. The molecule has 5 heteroatoms. The van der Waals surface area contributed by atoms with Crippen molar-refractivity contribution >= 4 is 11.8 Å². The van der Waals surface area contributed by atoms with E-state index in [2.05, 4.69) is 18.5 Å². The molecule has 1 unspecified atom stereocenters. The molecular weight excluding hydrogens is 274 g/mol. The Balaban J connectivity index is 2.01. The molecule has 1 aliphatic heterocycles. The summed E-state index contributed by atoms with van der Waals surface area (Å²) in [6, 6.07) is 4.55. The van der Waals surface area contributed by atoms with Crippen LogP contribution in [0.5, 0.6) is 17.2 Å². The lowest BCUT2D eigenvalue weighted by molar-refractivity contribution is 0.165. The van der Waals surface area contributed by atoms with Crippen LogP contribution in [0.3, 0.4) is 0 Å². The van der Waals surface area contributed by atoms with Crippen LogP contribution in [0.25, 0.3) is 0 Å². The van der Waals surface area contributed by atoms with Crippen LogP contribution in [0.15, 0.2) is 12.1 Å². The Bertz CT molecular complexity index is 422. The van der Waals surface area contributed by atoms with Crippen molar-refractivity contribution in [2.24, 2.45) is 0 Å². The number of benzene rings is 1. The van der Waals surface area contributed by atoms with Crippen molar-refractivity contribution in [2.45, 2.75) is 25.9 Å². The van der Waals surface area contributed by atoms with Crippen LogP contribution in [0.2, 0.25) is 0 Å². The summed E-state index contributed by atoms with van der Waals surface area (Å²) >= 11 is 1.88. The maximum Gasteiger partial charge on any atom is 0.203 e. The number of methoxy groups -OCH3 is 1. The fraction of sp³-hybridized carbons (Fsp3) is 0.600. The van der Waals surface area contributed by atoms with Crippen LogP contribution in [-0.2, 0) is 6.54 Å². The topological polar surface area (TPSA) is 39.7 Å². The number of ether oxygens (including phenoxy) is 3. The van der Waals surface area contributed by atoms with Crippen molar-refractivity contribution in [3.63, 3.8) is 0 Å². The van der Waals surface area contributed by atoms with Gasteiger partial charge in [-0.25, -0.2) is 0 Å². The van der Waals surface area contributed by atoms with Gasteiger partial charge in [0.1, 0.15) is 13.2 Å². The molecule has 112 valence electrons. The van der Waals surface area contributed by atoms with E-state index in [1.807, 2.05) is 23.9 Å². The summed E-state index contributed by atoms with van der Waals surface area (Å²) in [6.45, 7) is 4.19. The van der Waals surface area contributed by atoms with E-state index in [0.717, 1.165) is 29.4 Å². The number of fused-ring (bicyclic) bond motifs is 1. The number of hydrogen-bond acceptors (Lipinski definition) is 5. The van der Waals surface area contributed by atoms with Crippen LogP contribution in [0.1, 0.15) is 18.9 Å². The number of thioether (sulfide) groups is 1. The highest BCUT2D eigenvalue weighted by molar-refractivity contribution is 7.98. The third-order valence-corrected chi connectivity index (χ3v) is 3.94. The summed E-state index contributed by atoms with van der Waals surface area (Å²) in [7, 11) is 1.66. The predicted octanol–water partition coefficient (Wildman–Crippen LogP) is 2.70. The van der Waals surface area contributed by atoms with Crippen LogP contribution < -0.4 is 19.5 Å². The zero-order chi connectivity index (χ0) is 14.4. The molecule has 1 aliphatic rings. The molecule has 0 spiro atoms. The monoisotopic (exact) mass is 297 g/mol. The number of nitrogens with one attached hydrogen (secondary N) is 1. The van der Waals surface area contributed by atoms with Crippen LogP contribution >= 0.6 is 11.8 Å². The van der Waals surface area contributed by atoms with E-state index in [1.165, 1.54) is 12.2 Å². The first-order chi connectivity index (χ1) is 9.74. The maximum atomic E-state index is 5.64. The van der Waals surface area contributed by atoms with E-state index < -0.39 is 0 Å². The van der Waals surface area contributed by atoms with E-state index >= 15 is 0 Å². The van der Waals surface area contributed by atoms with Gasteiger partial charge >= 0.3 is 0 Å². The van der Waals surface area contributed by atoms with E-state index in [0.29, 0.717) is 19.3 Å². The first-order valence-corrected chi connectivity index (χ1v) is 8.32. The molecule has 0 bridgehead atoms. The highest BCUT2D eigenvalue weighted by Gasteiger charge is 2.18. The Kier molecular flexibility index (Phi) is 5.86. The minimum Gasteiger partial charge on any atom is -0.493 e. The minimum absolute atomic E-state index is 0.502. The van der Waals surface area contributed by atoms with E-state index in [1.54, 1.807) is 7.11 Å². The van der Waals surface area contributed by atoms with Gasteiger partial charge < -0.3 is 19.5 Å². The molecule has 1 aromatic rings. The number of rotatable bonds is 7. The molecule has 1 heterocycles. The predicted molar refractivity (Wildman–Crippen MR) is 83.3 cm³/mol. The maximum absolute atomic E-state index is 5.64. The quantitative estimate of drug-likeness (QED) is 0.838. The van der Waals surface area contributed by atoms with Gasteiger partial charge in [-0.05, 0) is 43.0 Å². The fourth-order valence-electron chi connectivity index (χ4n) is 2.12. The molecule has 20 heavy (non-hydrogen) atoms. The Hall–Kier alpha value is -1.07. The van der Waals surface area contributed by atoms with Gasteiger partial charge in [-0.1, -0.05) is 0 Å².